The van der Waals surface area contributed by atoms with Gasteiger partial charge in [0.25, 0.3) is 0 Å². The summed E-state index contributed by atoms with van der Waals surface area (Å²) in [5, 5.41) is 23.3. The summed E-state index contributed by atoms with van der Waals surface area (Å²) in [6.45, 7) is 1.05. The Morgan fingerprint density at radius 2 is 2.11 bits per heavy atom. The molecule has 3 N–H and O–H groups in total. The molecule has 12 heteroatoms. The first-order valence-electron chi connectivity index (χ1n) is 12.0. The van der Waals surface area contributed by atoms with Gasteiger partial charge in [-0.1, -0.05) is 0 Å². The molecule has 0 saturated carbocycles. The van der Waals surface area contributed by atoms with Gasteiger partial charge >= 0.3 is 0 Å². The van der Waals surface area contributed by atoms with Crippen LogP contribution in [0.4, 0.5) is 0 Å². The lowest BCUT2D eigenvalue weighted by atomic mass is 9.87. The van der Waals surface area contributed by atoms with Gasteiger partial charge in [0.1, 0.15) is 18.5 Å². The molecule has 1 heterocycles. The quantitative estimate of drug-likeness (QED) is 0.222. The SMILES string of the molecule is COCCN(C(=O)C1CCOC1)[C@@H]1CC(C(=O)NCCO)=C[C@H](Oc2c(I)cc(C=O)cc2OC)[C@H]1O. The molecule has 0 aromatic heterocycles. The van der Waals surface area contributed by atoms with Crippen molar-refractivity contribution < 1.29 is 43.5 Å². The third-order valence-corrected chi connectivity index (χ3v) is 7.16. The highest BCUT2D eigenvalue weighted by molar-refractivity contribution is 14.1. The molecule has 1 fully saturated rings. The minimum atomic E-state index is -1.19. The highest BCUT2D eigenvalue weighted by Gasteiger charge is 2.42. The normalized spacial score (nSPS) is 23.2. The van der Waals surface area contributed by atoms with Crippen LogP contribution in [0.3, 0.4) is 0 Å². The van der Waals surface area contributed by atoms with Crippen LogP contribution in [0.2, 0.25) is 0 Å². The first-order valence-corrected chi connectivity index (χ1v) is 13.1. The van der Waals surface area contributed by atoms with Gasteiger partial charge in [0.05, 0.1) is 42.5 Å². The van der Waals surface area contributed by atoms with Crippen molar-refractivity contribution >= 4 is 40.7 Å². The van der Waals surface area contributed by atoms with E-state index in [4.69, 9.17) is 24.1 Å². The average molecular weight is 632 g/mol. The molecule has 1 aliphatic heterocycles. The van der Waals surface area contributed by atoms with E-state index in [0.29, 0.717) is 52.1 Å². The summed E-state index contributed by atoms with van der Waals surface area (Å²) in [6, 6.07) is 2.35. The van der Waals surface area contributed by atoms with Gasteiger partial charge in [-0.2, -0.15) is 0 Å². The molecule has 0 spiro atoms. The van der Waals surface area contributed by atoms with Crippen LogP contribution in [-0.4, -0.2) is 105 Å². The number of amides is 2. The van der Waals surface area contributed by atoms with Gasteiger partial charge in [-0.3, -0.25) is 14.4 Å². The minimum Gasteiger partial charge on any atom is -0.493 e. The highest BCUT2D eigenvalue weighted by Crippen LogP contribution is 2.37. The maximum atomic E-state index is 13.5. The molecular weight excluding hydrogens is 599 g/mol. The average Bonchev–Trinajstić information content (AvgIpc) is 3.45. The molecule has 1 aromatic carbocycles. The predicted octanol–water partition coefficient (Wildman–Crippen LogP) is 0.539. The number of methoxy groups -OCH3 is 2. The number of hydrogen-bond acceptors (Lipinski definition) is 9. The standard InChI is InChI=1S/C25H33IN2O9/c1-34-8-5-28(25(33)16-3-7-36-14-16)19-11-17(24(32)27-4-6-29)12-20(22(19)31)37-23-18(26)9-15(13-30)10-21(23)35-2/h9-10,12-13,16,19-20,22,29,31H,3-8,11,14H2,1-2H3,(H,27,32)/t16?,19-,20+,22+/m1/s1. The fraction of sp³-hybridized carbons (Fsp3) is 0.560. The van der Waals surface area contributed by atoms with Crippen LogP contribution in [0, 0.1) is 9.49 Å². The molecule has 204 valence electrons. The van der Waals surface area contributed by atoms with Crippen LogP contribution < -0.4 is 14.8 Å². The maximum absolute atomic E-state index is 13.5. The molecule has 1 aliphatic carbocycles. The van der Waals surface area contributed by atoms with E-state index in [9.17, 15) is 19.5 Å². The lowest BCUT2D eigenvalue weighted by molar-refractivity contribution is -0.143. The zero-order valence-electron chi connectivity index (χ0n) is 20.9. The van der Waals surface area contributed by atoms with E-state index >= 15 is 0 Å². The number of halogens is 1. The van der Waals surface area contributed by atoms with Crippen molar-refractivity contribution in [3.63, 3.8) is 0 Å². The minimum absolute atomic E-state index is 0.0551. The maximum Gasteiger partial charge on any atom is 0.247 e. The van der Waals surface area contributed by atoms with E-state index in [2.05, 4.69) is 5.32 Å². The number of aliphatic hydroxyl groups excluding tert-OH is 2. The van der Waals surface area contributed by atoms with E-state index in [1.165, 1.54) is 26.4 Å². The lowest BCUT2D eigenvalue weighted by Gasteiger charge is -2.41. The number of hydrogen-bond donors (Lipinski definition) is 3. The highest BCUT2D eigenvalue weighted by atomic mass is 127. The van der Waals surface area contributed by atoms with E-state index < -0.39 is 24.2 Å². The van der Waals surface area contributed by atoms with Gasteiger partial charge in [0.2, 0.25) is 11.8 Å². The van der Waals surface area contributed by atoms with Gasteiger partial charge < -0.3 is 39.4 Å². The van der Waals surface area contributed by atoms with Gasteiger partial charge in [-0.15, -0.1) is 0 Å². The van der Waals surface area contributed by atoms with Crippen molar-refractivity contribution in [1.29, 1.82) is 0 Å². The molecule has 4 atom stereocenters. The van der Waals surface area contributed by atoms with Crippen molar-refractivity contribution in [3.05, 3.63) is 32.9 Å². The molecule has 1 saturated heterocycles. The zero-order valence-corrected chi connectivity index (χ0v) is 23.0. The first-order chi connectivity index (χ1) is 17.8. The second-order valence-corrected chi connectivity index (χ2v) is 9.92. The number of ether oxygens (including phenoxy) is 4. The Bertz CT molecular complexity index is 997. The summed E-state index contributed by atoms with van der Waals surface area (Å²) in [7, 11) is 2.96. The van der Waals surface area contributed by atoms with Gasteiger partial charge in [0, 0.05) is 44.4 Å². The summed E-state index contributed by atoms with van der Waals surface area (Å²) in [5.41, 5.74) is 0.704. The molecule has 0 radical (unpaired) electrons. The number of benzene rings is 1. The Morgan fingerprint density at radius 3 is 2.73 bits per heavy atom. The molecule has 1 aromatic rings. The van der Waals surface area contributed by atoms with Gasteiger partial charge in [0.15, 0.2) is 11.5 Å². The Labute approximate surface area is 229 Å². The van der Waals surface area contributed by atoms with Crippen molar-refractivity contribution in [2.45, 2.75) is 31.1 Å². The van der Waals surface area contributed by atoms with E-state index in [1.54, 1.807) is 11.0 Å². The smallest absolute Gasteiger partial charge is 0.247 e. The summed E-state index contributed by atoms with van der Waals surface area (Å²) >= 11 is 2.00. The number of rotatable bonds is 12. The number of aliphatic hydroxyl groups is 2. The molecule has 2 amide bonds. The Kier molecular flexibility index (Phi) is 11.1. The Hall–Kier alpha value is -2.26. The molecular formula is C25H33IN2O9. The monoisotopic (exact) mass is 632 g/mol. The fourth-order valence-corrected chi connectivity index (χ4v) is 5.18. The van der Waals surface area contributed by atoms with Crippen LogP contribution >= 0.6 is 22.6 Å². The molecule has 11 nitrogen and oxygen atoms in total. The molecule has 3 rings (SSSR count). The van der Waals surface area contributed by atoms with Crippen LogP contribution in [0.5, 0.6) is 11.5 Å². The van der Waals surface area contributed by atoms with Gasteiger partial charge in [-0.05, 0) is 47.2 Å². The first kappa shape index (κ1) is 29.3. The van der Waals surface area contributed by atoms with Crippen molar-refractivity contribution in [2.75, 3.05) is 53.7 Å². The summed E-state index contributed by atoms with van der Waals surface area (Å²) in [5.74, 6) is -0.377. The Morgan fingerprint density at radius 1 is 1.32 bits per heavy atom. The molecule has 2 aliphatic rings. The number of carbonyl (C=O) groups is 3. The topological polar surface area (TPSA) is 144 Å². The molecule has 0 bridgehead atoms. The third-order valence-electron chi connectivity index (χ3n) is 6.35. The number of nitrogens with one attached hydrogen (secondary N) is 1. The lowest BCUT2D eigenvalue weighted by Crippen LogP contribution is -2.57. The van der Waals surface area contributed by atoms with E-state index in [1.807, 2.05) is 22.6 Å². The summed E-state index contributed by atoms with van der Waals surface area (Å²) < 4.78 is 22.8. The van der Waals surface area contributed by atoms with Gasteiger partial charge in [-0.25, -0.2) is 0 Å². The summed E-state index contributed by atoms with van der Waals surface area (Å²) in [6.07, 6.45) is 0.659. The van der Waals surface area contributed by atoms with Crippen molar-refractivity contribution in [1.82, 2.24) is 10.2 Å². The third kappa shape index (κ3) is 7.19. The van der Waals surface area contributed by atoms with Crippen LogP contribution in [0.15, 0.2) is 23.8 Å². The van der Waals surface area contributed by atoms with E-state index in [-0.39, 0.29) is 44.5 Å². The van der Waals surface area contributed by atoms with Crippen LogP contribution in [-0.2, 0) is 19.1 Å². The molecule has 37 heavy (non-hydrogen) atoms. The van der Waals surface area contributed by atoms with Crippen molar-refractivity contribution in [3.8, 4) is 11.5 Å². The van der Waals surface area contributed by atoms with E-state index in [0.717, 1.165) is 0 Å². The summed E-state index contributed by atoms with van der Waals surface area (Å²) in [4.78, 5) is 39.2. The molecule has 1 unspecified atom stereocenters. The second-order valence-electron chi connectivity index (χ2n) is 8.75. The number of aldehydes is 1. The van der Waals surface area contributed by atoms with Crippen molar-refractivity contribution in [2.24, 2.45) is 5.92 Å². The number of carbonyl (C=O) groups excluding carboxylic acids is 3. The number of nitrogens with zero attached hydrogens (tertiary/aromatic N) is 1. The van der Waals surface area contributed by atoms with Crippen LogP contribution in [0.1, 0.15) is 23.2 Å². The predicted molar refractivity (Wildman–Crippen MR) is 141 cm³/mol. The second kappa shape index (κ2) is 14.0. The van der Waals surface area contributed by atoms with Crippen LogP contribution in [0.25, 0.3) is 0 Å². The zero-order chi connectivity index (χ0) is 26.9. The fourth-order valence-electron chi connectivity index (χ4n) is 4.43. The Balaban J connectivity index is 1.98. The largest absolute Gasteiger partial charge is 0.493 e.